The summed E-state index contributed by atoms with van der Waals surface area (Å²) in [5, 5.41) is 0.974. The molecule has 2 amide bonds. The first-order valence-electron chi connectivity index (χ1n) is 7.65. The van der Waals surface area contributed by atoms with Crippen LogP contribution in [0.3, 0.4) is 0 Å². The summed E-state index contributed by atoms with van der Waals surface area (Å²) < 4.78 is 5.61. The summed E-state index contributed by atoms with van der Waals surface area (Å²) in [6.07, 6.45) is 3.52. The molecule has 0 atom stereocenters. The van der Waals surface area contributed by atoms with E-state index in [1.807, 2.05) is 0 Å². The second kappa shape index (κ2) is 8.07. The number of halogens is 2. The maximum absolute atomic E-state index is 11.8. The molecule has 0 radical (unpaired) electrons. The highest BCUT2D eigenvalue weighted by molar-refractivity contribution is 6.36. The standard InChI is InChI=1S/C17H14Cl2N4O3/c18-10-3-4-11(12(19)8-10)14-9-21-16(26-14)6-5-15(24)22-23-17(25)13-2-1-7-20-13/h1-4,7-9,20H,5-6H2,(H,22,24)(H,23,25). The second-order valence-corrected chi connectivity index (χ2v) is 6.17. The third-order valence-corrected chi connectivity index (χ3v) is 4.02. The van der Waals surface area contributed by atoms with Crippen LogP contribution in [0.5, 0.6) is 0 Å². The van der Waals surface area contributed by atoms with Gasteiger partial charge >= 0.3 is 0 Å². The molecule has 0 fully saturated rings. The van der Waals surface area contributed by atoms with E-state index >= 15 is 0 Å². The van der Waals surface area contributed by atoms with Crippen molar-refractivity contribution in [3.63, 3.8) is 0 Å². The van der Waals surface area contributed by atoms with Crippen LogP contribution in [0.15, 0.2) is 47.1 Å². The number of aromatic nitrogens is 2. The monoisotopic (exact) mass is 392 g/mol. The van der Waals surface area contributed by atoms with Gasteiger partial charge in [0.1, 0.15) is 5.69 Å². The molecule has 0 aliphatic carbocycles. The zero-order chi connectivity index (χ0) is 18.5. The lowest BCUT2D eigenvalue weighted by molar-refractivity contribution is -0.121. The lowest BCUT2D eigenvalue weighted by Gasteiger charge is -2.05. The predicted molar refractivity (Wildman–Crippen MR) is 96.7 cm³/mol. The Bertz CT molecular complexity index is 922. The molecule has 1 aromatic carbocycles. The van der Waals surface area contributed by atoms with Crippen LogP contribution in [-0.2, 0) is 11.2 Å². The molecule has 2 heterocycles. The number of carbonyl (C=O) groups is 2. The number of hydrogen-bond donors (Lipinski definition) is 3. The number of nitrogens with zero attached hydrogens (tertiary/aromatic N) is 1. The van der Waals surface area contributed by atoms with Gasteiger partial charge in [-0.3, -0.25) is 20.4 Å². The van der Waals surface area contributed by atoms with Crippen molar-refractivity contribution in [3.8, 4) is 11.3 Å². The minimum Gasteiger partial charge on any atom is -0.441 e. The van der Waals surface area contributed by atoms with Crippen molar-refractivity contribution >= 4 is 35.0 Å². The van der Waals surface area contributed by atoms with Gasteiger partial charge in [-0.1, -0.05) is 23.2 Å². The molecular weight excluding hydrogens is 379 g/mol. The van der Waals surface area contributed by atoms with Crippen molar-refractivity contribution in [1.82, 2.24) is 20.8 Å². The average Bonchev–Trinajstić information content (AvgIpc) is 3.29. The predicted octanol–water partition coefficient (Wildman–Crippen LogP) is 3.37. The number of hydrazine groups is 1. The third-order valence-electron chi connectivity index (χ3n) is 3.47. The van der Waals surface area contributed by atoms with Gasteiger partial charge in [-0.15, -0.1) is 0 Å². The molecule has 0 bridgehead atoms. The molecule has 3 rings (SSSR count). The topological polar surface area (TPSA) is 100 Å². The minimum atomic E-state index is -0.431. The Morgan fingerprint density at radius 1 is 1.19 bits per heavy atom. The number of aromatic amines is 1. The van der Waals surface area contributed by atoms with E-state index in [4.69, 9.17) is 27.6 Å². The Balaban J connectivity index is 1.51. The molecule has 134 valence electrons. The van der Waals surface area contributed by atoms with Gasteiger partial charge in [0.2, 0.25) is 5.91 Å². The molecule has 0 spiro atoms. The molecule has 0 saturated heterocycles. The zero-order valence-electron chi connectivity index (χ0n) is 13.4. The number of benzene rings is 1. The number of nitrogens with one attached hydrogen (secondary N) is 3. The molecular formula is C17H14Cl2N4O3. The average molecular weight is 393 g/mol. The fourth-order valence-electron chi connectivity index (χ4n) is 2.19. The second-order valence-electron chi connectivity index (χ2n) is 5.33. The van der Waals surface area contributed by atoms with Crippen molar-refractivity contribution < 1.29 is 14.0 Å². The van der Waals surface area contributed by atoms with E-state index in [0.717, 1.165) is 0 Å². The van der Waals surface area contributed by atoms with E-state index in [0.29, 0.717) is 33.0 Å². The minimum absolute atomic E-state index is 0.0965. The van der Waals surface area contributed by atoms with Gasteiger partial charge in [-0.25, -0.2) is 4.98 Å². The van der Waals surface area contributed by atoms with Gasteiger partial charge in [-0.2, -0.15) is 0 Å². The Morgan fingerprint density at radius 2 is 2.04 bits per heavy atom. The van der Waals surface area contributed by atoms with Gasteiger partial charge in [0.05, 0.1) is 11.2 Å². The molecule has 2 aromatic heterocycles. The van der Waals surface area contributed by atoms with Crippen LogP contribution >= 0.6 is 23.2 Å². The molecule has 3 N–H and O–H groups in total. The van der Waals surface area contributed by atoms with Crippen LogP contribution in [-0.4, -0.2) is 21.8 Å². The lowest BCUT2D eigenvalue weighted by Crippen LogP contribution is -2.41. The van der Waals surface area contributed by atoms with E-state index < -0.39 is 5.91 Å². The molecule has 9 heteroatoms. The van der Waals surface area contributed by atoms with Gasteiger partial charge in [-0.05, 0) is 30.3 Å². The van der Waals surface area contributed by atoms with Crippen molar-refractivity contribution in [1.29, 1.82) is 0 Å². The summed E-state index contributed by atoms with van der Waals surface area (Å²) in [7, 11) is 0. The van der Waals surface area contributed by atoms with Crippen molar-refractivity contribution in [2.24, 2.45) is 0 Å². The number of amides is 2. The molecule has 0 saturated carbocycles. The molecule has 7 nitrogen and oxygen atoms in total. The van der Waals surface area contributed by atoms with Gasteiger partial charge in [0.25, 0.3) is 5.91 Å². The van der Waals surface area contributed by atoms with Gasteiger partial charge in [0.15, 0.2) is 11.7 Å². The van der Waals surface area contributed by atoms with E-state index in [1.54, 1.807) is 36.5 Å². The zero-order valence-corrected chi connectivity index (χ0v) is 14.9. The molecule has 0 aliphatic rings. The number of aryl methyl sites for hydroxylation is 1. The molecule has 26 heavy (non-hydrogen) atoms. The SMILES string of the molecule is O=C(CCc1ncc(-c2ccc(Cl)cc2Cl)o1)NNC(=O)c1ccc[nH]1. The highest BCUT2D eigenvalue weighted by Gasteiger charge is 2.12. The Kier molecular flexibility index (Phi) is 5.60. The fraction of sp³-hybridized carbons (Fsp3) is 0.118. The van der Waals surface area contributed by atoms with E-state index in [1.165, 1.54) is 6.20 Å². The van der Waals surface area contributed by atoms with Crippen LogP contribution < -0.4 is 10.9 Å². The smallest absolute Gasteiger partial charge is 0.286 e. The summed E-state index contributed by atoms with van der Waals surface area (Å²) in [5.74, 6) is 0.0762. The summed E-state index contributed by atoms with van der Waals surface area (Å²) in [6.45, 7) is 0. The Morgan fingerprint density at radius 3 is 2.77 bits per heavy atom. The van der Waals surface area contributed by atoms with Crippen LogP contribution in [0.1, 0.15) is 22.8 Å². The normalized spacial score (nSPS) is 10.5. The maximum Gasteiger partial charge on any atom is 0.286 e. The molecule has 3 aromatic rings. The van der Waals surface area contributed by atoms with E-state index in [2.05, 4.69) is 20.8 Å². The summed E-state index contributed by atoms with van der Waals surface area (Å²) in [6, 6.07) is 8.32. The first-order valence-corrected chi connectivity index (χ1v) is 8.41. The van der Waals surface area contributed by atoms with Gasteiger partial charge < -0.3 is 9.40 Å². The third kappa shape index (κ3) is 4.44. The Labute approximate surface area is 158 Å². The van der Waals surface area contributed by atoms with Crippen LogP contribution in [0, 0.1) is 0 Å². The largest absolute Gasteiger partial charge is 0.441 e. The van der Waals surface area contributed by atoms with Gasteiger partial charge in [0, 0.05) is 29.6 Å². The first-order chi connectivity index (χ1) is 12.5. The summed E-state index contributed by atoms with van der Waals surface area (Å²) >= 11 is 12.0. The lowest BCUT2D eigenvalue weighted by atomic mass is 10.2. The highest BCUT2D eigenvalue weighted by Crippen LogP contribution is 2.30. The number of carbonyl (C=O) groups excluding carboxylic acids is 2. The van der Waals surface area contributed by atoms with Crippen molar-refractivity contribution in [2.45, 2.75) is 12.8 Å². The number of rotatable bonds is 5. The van der Waals surface area contributed by atoms with Crippen LogP contribution in [0.4, 0.5) is 0 Å². The number of hydrogen-bond acceptors (Lipinski definition) is 4. The quantitative estimate of drug-likeness (QED) is 0.579. The summed E-state index contributed by atoms with van der Waals surface area (Å²) in [5.41, 5.74) is 5.66. The number of H-pyrrole nitrogens is 1. The van der Waals surface area contributed by atoms with E-state index in [9.17, 15) is 9.59 Å². The van der Waals surface area contributed by atoms with Crippen LogP contribution in [0.25, 0.3) is 11.3 Å². The maximum atomic E-state index is 11.8. The molecule has 0 unspecified atom stereocenters. The summed E-state index contributed by atoms with van der Waals surface area (Å²) in [4.78, 5) is 30.4. The highest BCUT2D eigenvalue weighted by atomic mass is 35.5. The molecule has 0 aliphatic heterocycles. The number of oxazole rings is 1. The van der Waals surface area contributed by atoms with Crippen molar-refractivity contribution in [3.05, 3.63) is 64.4 Å². The van der Waals surface area contributed by atoms with E-state index in [-0.39, 0.29) is 18.7 Å². The first kappa shape index (κ1) is 18.0. The Hall–Kier alpha value is -2.77. The van der Waals surface area contributed by atoms with Crippen LogP contribution in [0.2, 0.25) is 10.0 Å². The van der Waals surface area contributed by atoms with Crippen molar-refractivity contribution in [2.75, 3.05) is 0 Å². The fourth-order valence-corrected chi connectivity index (χ4v) is 2.69.